The zero-order valence-electron chi connectivity index (χ0n) is 21.3. The van der Waals surface area contributed by atoms with E-state index in [0.29, 0.717) is 17.9 Å². The van der Waals surface area contributed by atoms with E-state index < -0.39 is 23.1 Å². The Morgan fingerprint density at radius 2 is 1.73 bits per heavy atom. The lowest BCUT2D eigenvalue weighted by molar-refractivity contribution is -0.123. The molecule has 4 fully saturated rings. The number of halogens is 2. The van der Waals surface area contributed by atoms with Crippen molar-refractivity contribution in [2.24, 2.45) is 11.3 Å². The number of rotatable bonds is 7. The molecule has 1 spiro atoms. The fraction of sp³-hybridized carbons (Fsp3) is 0.667. The lowest BCUT2D eigenvalue weighted by atomic mass is 9.56. The van der Waals surface area contributed by atoms with Gasteiger partial charge in [-0.1, -0.05) is 0 Å². The van der Waals surface area contributed by atoms with Crippen molar-refractivity contribution in [2.75, 3.05) is 39.3 Å². The Balaban J connectivity index is 1.02. The van der Waals surface area contributed by atoms with Gasteiger partial charge in [-0.3, -0.25) is 9.59 Å². The molecule has 0 unspecified atom stereocenters. The van der Waals surface area contributed by atoms with Crippen LogP contribution in [0.15, 0.2) is 12.1 Å². The summed E-state index contributed by atoms with van der Waals surface area (Å²) in [7, 11) is 0. The van der Waals surface area contributed by atoms with Gasteiger partial charge in [0.2, 0.25) is 5.91 Å². The van der Waals surface area contributed by atoms with Crippen molar-refractivity contribution in [1.82, 2.24) is 15.1 Å². The van der Waals surface area contributed by atoms with Gasteiger partial charge in [0.25, 0.3) is 5.91 Å². The van der Waals surface area contributed by atoms with Gasteiger partial charge in [0.15, 0.2) is 0 Å². The summed E-state index contributed by atoms with van der Waals surface area (Å²) in [5.41, 5.74) is -0.572. The average Bonchev–Trinajstić information content (AvgIpc) is 3.56. The molecule has 2 aliphatic carbocycles. The van der Waals surface area contributed by atoms with Crippen molar-refractivity contribution < 1.29 is 32.6 Å². The first-order chi connectivity index (χ1) is 17.7. The topological polar surface area (TPSA) is 88.2 Å². The normalized spacial score (nSPS) is 22.3. The lowest BCUT2D eigenvalue weighted by Gasteiger charge is -2.52. The molecule has 10 heteroatoms. The number of amides is 3. The number of piperidine rings is 1. The van der Waals surface area contributed by atoms with E-state index in [-0.39, 0.29) is 43.0 Å². The molecule has 0 bridgehead atoms. The second kappa shape index (κ2) is 10.1. The molecule has 1 N–H and O–H groups in total. The zero-order chi connectivity index (χ0) is 26.2. The number of carbonyl (C=O) groups excluding carboxylic acids is 3. The molecule has 8 nitrogen and oxygen atoms in total. The molecule has 3 amide bonds. The van der Waals surface area contributed by atoms with Crippen LogP contribution in [0.5, 0.6) is 5.75 Å². The van der Waals surface area contributed by atoms with Crippen molar-refractivity contribution in [2.45, 2.75) is 63.9 Å². The van der Waals surface area contributed by atoms with Crippen LogP contribution in [0.25, 0.3) is 0 Å². The molecule has 0 atom stereocenters. The summed E-state index contributed by atoms with van der Waals surface area (Å²) in [6, 6.07) is 2.06. The number of ether oxygens (including phenoxy) is 2. The smallest absolute Gasteiger partial charge is 0.410 e. The third-order valence-electron chi connectivity index (χ3n) is 8.39. The summed E-state index contributed by atoms with van der Waals surface area (Å²) in [6.07, 6.45) is 7.79. The molecular formula is C27H35F2N3O5. The molecule has 2 saturated carbocycles. The minimum Gasteiger partial charge on any atom is -0.493 e. The van der Waals surface area contributed by atoms with Gasteiger partial charge >= 0.3 is 6.09 Å². The molecular weight excluding hydrogens is 484 g/mol. The lowest BCUT2D eigenvalue weighted by Crippen LogP contribution is -2.50. The highest BCUT2D eigenvalue weighted by Crippen LogP contribution is 2.54. The Morgan fingerprint density at radius 3 is 2.35 bits per heavy atom. The minimum atomic E-state index is -0.992. The molecule has 5 rings (SSSR count). The molecule has 0 aromatic heterocycles. The number of hydrogen-bond donors (Lipinski definition) is 1. The van der Waals surface area contributed by atoms with E-state index in [0.717, 1.165) is 81.5 Å². The van der Waals surface area contributed by atoms with Gasteiger partial charge in [-0.15, -0.1) is 0 Å². The maximum absolute atomic E-state index is 14.6. The third kappa shape index (κ3) is 5.83. The summed E-state index contributed by atoms with van der Waals surface area (Å²) in [5, 5.41) is 2.57. The van der Waals surface area contributed by atoms with Crippen LogP contribution in [0.3, 0.4) is 0 Å². The van der Waals surface area contributed by atoms with Crippen LogP contribution in [0.2, 0.25) is 0 Å². The summed E-state index contributed by atoms with van der Waals surface area (Å²) in [5.74, 6) is -2.53. The molecule has 2 aliphatic heterocycles. The van der Waals surface area contributed by atoms with E-state index in [1.54, 1.807) is 0 Å². The van der Waals surface area contributed by atoms with E-state index in [1.807, 2.05) is 11.8 Å². The van der Waals surface area contributed by atoms with Crippen molar-refractivity contribution in [1.29, 1.82) is 0 Å². The van der Waals surface area contributed by atoms with Crippen LogP contribution in [0.1, 0.15) is 68.6 Å². The Bertz CT molecular complexity index is 1040. The number of hydrogen-bond acceptors (Lipinski definition) is 5. The largest absolute Gasteiger partial charge is 0.493 e. The summed E-state index contributed by atoms with van der Waals surface area (Å²) in [4.78, 5) is 39.3. The fourth-order valence-corrected chi connectivity index (χ4v) is 5.86. The Morgan fingerprint density at radius 1 is 1.05 bits per heavy atom. The quantitative estimate of drug-likeness (QED) is 0.553. The summed E-state index contributed by atoms with van der Waals surface area (Å²) < 4.78 is 40.3. The van der Waals surface area contributed by atoms with Crippen molar-refractivity contribution >= 4 is 17.9 Å². The number of nitrogens with one attached hydrogen (secondary N) is 1. The van der Waals surface area contributed by atoms with Gasteiger partial charge < -0.3 is 24.6 Å². The first-order valence-corrected chi connectivity index (χ1v) is 13.3. The molecule has 202 valence electrons. The maximum atomic E-state index is 14.6. The highest BCUT2D eigenvalue weighted by Gasteiger charge is 2.47. The molecule has 2 saturated heterocycles. The zero-order valence-corrected chi connectivity index (χ0v) is 21.3. The van der Waals surface area contributed by atoms with E-state index in [9.17, 15) is 23.2 Å². The first kappa shape index (κ1) is 25.7. The molecule has 1 aromatic rings. The second-order valence-electron chi connectivity index (χ2n) is 11.4. The van der Waals surface area contributed by atoms with Gasteiger partial charge in [-0.05, 0) is 69.6 Å². The SMILES string of the molecule is CC1(OC(=O)N2CCC3(CC2)CC(CCCOc2cc(F)c(C(=O)N4CCNC(=O)C4)c(F)c2)C3)CC1. The molecule has 0 radical (unpaired) electrons. The van der Waals surface area contributed by atoms with Crippen LogP contribution in [0.4, 0.5) is 13.6 Å². The van der Waals surface area contributed by atoms with Crippen LogP contribution >= 0.6 is 0 Å². The van der Waals surface area contributed by atoms with Crippen LogP contribution < -0.4 is 10.1 Å². The number of likely N-dealkylation sites (tertiary alicyclic amines) is 1. The Labute approximate surface area is 215 Å². The number of nitrogens with zero attached hydrogens (tertiary/aromatic N) is 2. The summed E-state index contributed by atoms with van der Waals surface area (Å²) >= 11 is 0. The van der Waals surface area contributed by atoms with Gasteiger partial charge in [0, 0.05) is 38.3 Å². The number of benzene rings is 1. The average molecular weight is 520 g/mol. The van der Waals surface area contributed by atoms with E-state index in [4.69, 9.17) is 9.47 Å². The summed E-state index contributed by atoms with van der Waals surface area (Å²) in [6.45, 7) is 4.07. The van der Waals surface area contributed by atoms with E-state index in [1.165, 1.54) is 0 Å². The third-order valence-corrected chi connectivity index (χ3v) is 8.39. The Hall–Kier alpha value is -2.91. The van der Waals surface area contributed by atoms with Crippen LogP contribution in [0, 0.1) is 23.0 Å². The van der Waals surface area contributed by atoms with Crippen LogP contribution in [-0.4, -0.2) is 72.6 Å². The molecule has 4 aliphatic rings. The monoisotopic (exact) mass is 519 g/mol. The second-order valence-corrected chi connectivity index (χ2v) is 11.4. The van der Waals surface area contributed by atoms with Gasteiger partial charge in [0.05, 0.1) is 13.2 Å². The molecule has 2 heterocycles. The fourth-order valence-electron chi connectivity index (χ4n) is 5.86. The standard InChI is InChI=1S/C27H35F2N3O5/c1-26(4-5-26)37-25(35)31-9-6-27(7-10-31)15-18(16-27)3-2-12-36-19-13-20(28)23(21(29)14-19)24(34)32-11-8-30-22(33)17-32/h13-14,18H,2-12,15-17H2,1H3,(H,30,33). The van der Waals surface area contributed by atoms with E-state index in [2.05, 4.69) is 5.32 Å². The van der Waals surface area contributed by atoms with E-state index >= 15 is 0 Å². The number of piperazine rings is 1. The van der Waals surface area contributed by atoms with Crippen molar-refractivity contribution in [3.05, 3.63) is 29.3 Å². The predicted octanol–water partition coefficient (Wildman–Crippen LogP) is 3.88. The van der Waals surface area contributed by atoms with Gasteiger partial charge in [0.1, 0.15) is 28.5 Å². The predicted molar refractivity (Wildman–Crippen MR) is 130 cm³/mol. The van der Waals surface area contributed by atoms with Crippen molar-refractivity contribution in [3.8, 4) is 5.75 Å². The van der Waals surface area contributed by atoms with Crippen LogP contribution in [-0.2, 0) is 9.53 Å². The maximum Gasteiger partial charge on any atom is 0.410 e. The minimum absolute atomic E-state index is 0.0485. The van der Waals surface area contributed by atoms with Gasteiger partial charge in [-0.25, -0.2) is 13.6 Å². The highest BCUT2D eigenvalue weighted by molar-refractivity contribution is 5.97. The molecule has 37 heavy (non-hydrogen) atoms. The number of carbonyl (C=O) groups is 3. The first-order valence-electron chi connectivity index (χ1n) is 13.3. The van der Waals surface area contributed by atoms with Crippen molar-refractivity contribution in [3.63, 3.8) is 0 Å². The highest BCUT2D eigenvalue weighted by atomic mass is 19.1. The Kier molecular flexibility index (Phi) is 7.02. The van der Waals surface area contributed by atoms with Gasteiger partial charge in [-0.2, -0.15) is 0 Å². The molecule has 1 aromatic carbocycles.